The Labute approximate surface area is 204 Å². The number of thioether (sulfide) groups is 1. The van der Waals surface area contributed by atoms with Gasteiger partial charge in [-0.05, 0) is 50.2 Å². The second kappa shape index (κ2) is 13.3. The van der Waals surface area contributed by atoms with Crippen LogP contribution in [0.25, 0.3) is 0 Å². The van der Waals surface area contributed by atoms with Gasteiger partial charge in [-0.15, -0.1) is 10.3 Å². The highest BCUT2D eigenvalue weighted by Gasteiger charge is 2.28. The predicted octanol–water partition coefficient (Wildman–Crippen LogP) is 6.72. The van der Waals surface area contributed by atoms with Crippen molar-refractivity contribution in [2.75, 3.05) is 32.5 Å². The summed E-state index contributed by atoms with van der Waals surface area (Å²) in [7, 11) is 0.271. The highest BCUT2D eigenvalue weighted by molar-refractivity contribution is 8.29. The van der Waals surface area contributed by atoms with E-state index < -0.39 is 16.1 Å². The molecule has 0 N–H and O–H groups in total. The Hall–Kier alpha value is -1.64. The topological polar surface area (TPSA) is 61.3 Å². The molecule has 33 heavy (non-hydrogen) atoms. The van der Waals surface area contributed by atoms with Gasteiger partial charge in [-0.3, -0.25) is 4.79 Å². The number of carbonyl (C=O) groups excluding carboxylic acids is 1. The molecule has 0 radical (unpaired) electrons. The van der Waals surface area contributed by atoms with Gasteiger partial charge in [-0.2, -0.15) is 0 Å². The van der Waals surface area contributed by atoms with E-state index in [-0.39, 0.29) is 21.8 Å². The Morgan fingerprint density at radius 2 is 1.85 bits per heavy atom. The molecule has 2 rings (SSSR count). The molecule has 8 heteroatoms. The number of nitrogens with zero attached hydrogens (tertiary/aromatic N) is 2. The van der Waals surface area contributed by atoms with Gasteiger partial charge in [-0.25, -0.2) is 14.4 Å². The molecule has 1 aromatic carbocycles. The molecule has 0 saturated heterocycles. The van der Waals surface area contributed by atoms with Crippen LogP contribution in [0.3, 0.4) is 0 Å². The highest BCUT2D eigenvalue weighted by Crippen LogP contribution is 2.53. The van der Waals surface area contributed by atoms with Crippen molar-refractivity contribution < 1.29 is 18.1 Å². The van der Waals surface area contributed by atoms with Crippen molar-refractivity contribution in [3.05, 3.63) is 47.0 Å². The second-order valence-electron chi connectivity index (χ2n) is 8.53. The molecule has 0 atom stereocenters. The first-order valence-corrected chi connectivity index (χ1v) is 14.8. The largest absolute Gasteiger partial charge is 0.496 e. The summed E-state index contributed by atoms with van der Waals surface area (Å²) in [6.07, 6.45) is 10.3. The number of rotatable bonds is 10. The van der Waals surface area contributed by atoms with Crippen LogP contribution in [-0.2, 0) is 10.6 Å². The molecule has 2 aromatic rings. The lowest BCUT2D eigenvalue weighted by molar-refractivity contribution is 0.102. The zero-order chi connectivity index (χ0) is 25.2. The van der Waals surface area contributed by atoms with E-state index in [0.29, 0.717) is 23.9 Å². The molecule has 0 fully saturated rings. The first-order chi connectivity index (χ1) is 15.5. The quantitative estimate of drug-likeness (QED) is 0.157. The minimum Gasteiger partial charge on any atom is -0.496 e. The van der Waals surface area contributed by atoms with Crippen LogP contribution in [0.2, 0.25) is 0 Å². The van der Waals surface area contributed by atoms with Crippen LogP contribution in [0.1, 0.15) is 69.1 Å². The third-order valence-corrected chi connectivity index (χ3v) is 9.61. The minimum absolute atomic E-state index is 0.127. The molecule has 0 aliphatic rings. The standard InChI is InChI=1S/C23H33FN2O3S2.C2H6/c1-23(2,3)31(6,7)29-13-9-8-10-16-15-25-22(30-5)26-20(16)21(27)18-12-11-17(24)14-19(18)28-4;1-2/h11-12,14-15H,8-10,13H2,1-7H3;1-2H3. The Morgan fingerprint density at radius 1 is 1.18 bits per heavy atom. The third kappa shape index (κ3) is 8.26. The van der Waals surface area contributed by atoms with Gasteiger partial charge in [-0.1, -0.05) is 46.4 Å². The van der Waals surface area contributed by atoms with Gasteiger partial charge in [0.05, 0.1) is 19.3 Å². The van der Waals surface area contributed by atoms with Gasteiger partial charge in [0.15, 0.2) is 5.16 Å². The van der Waals surface area contributed by atoms with Crippen molar-refractivity contribution >= 4 is 27.9 Å². The lowest BCUT2D eigenvalue weighted by atomic mass is 10.0. The number of ether oxygens (including phenoxy) is 1. The van der Waals surface area contributed by atoms with Crippen LogP contribution in [-0.4, -0.2) is 53.0 Å². The molecule has 5 nitrogen and oxygen atoms in total. The fourth-order valence-electron chi connectivity index (χ4n) is 2.71. The maximum absolute atomic E-state index is 13.6. The Balaban J connectivity index is 0.00000265. The van der Waals surface area contributed by atoms with E-state index in [1.807, 2.05) is 20.1 Å². The van der Waals surface area contributed by atoms with Crippen molar-refractivity contribution in [2.45, 2.75) is 63.8 Å². The van der Waals surface area contributed by atoms with Crippen molar-refractivity contribution in [3.63, 3.8) is 0 Å². The number of ketones is 1. The van der Waals surface area contributed by atoms with Crippen LogP contribution < -0.4 is 4.74 Å². The van der Waals surface area contributed by atoms with E-state index >= 15 is 0 Å². The average Bonchev–Trinajstić information content (AvgIpc) is 2.78. The Morgan fingerprint density at radius 3 is 2.42 bits per heavy atom. The molecule has 186 valence electrons. The fraction of sp³-hybridized carbons (Fsp3) is 0.560. The van der Waals surface area contributed by atoms with Crippen molar-refractivity contribution in [3.8, 4) is 5.75 Å². The van der Waals surface area contributed by atoms with E-state index in [1.165, 1.54) is 37.1 Å². The van der Waals surface area contributed by atoms with E-state index in [2.05, 4.69) is 43.3 Å². The van der Waals surface area contributed by atoms with E-state index in [4.69, 9.17) is 8.92 Å². The van der Waals surface area contributed by atoms with Crippen molar-refractivity contribution in [2.24, 2.45) is 0 Å². The van der Waals surface area contributed by atoms with Crippen LogP contribution in [0.5, 0.6) is 5.75 Å². The molecule has 0 saturated carbocycles. The monoisotopic (exact) mass is 498 g/mol. The molecule has 0 unspecified atom stereocenters. The lowest BCUT2D eigenvalue weighted by Gasteiger charge is -2.43. The summed E-state index contributed by atoms with van der Waals surface area (Å²) < 4.78 is 25.1. The molecule has 1 heterocycles. The second-order valence-corrected chi connectivity index (χ2v) is 13.2. The molecule has 0 aliphatic heterocycles. The summed E-state index contributed by atoms with van der Waals surface area (Å²) >= 11 is 1.37. The molecule has 0 bridgehead atoms. The highest BCUT2D eigenvalue weighted by atomic mass is 32.3. The predicted molar refractivity (Wildman–Crippen MR) is 140 cm³/mol. The van der Waals surface area contributed by atoms with Gasteiger partial charge in [0, 0.05) is 22.6 Å². The summed E-state index contributed by atoms with van der Waals surface area (Å²) in [4.78, 5) is 22.0. The molecule has 0 amide bonds. The molecular weight excluding hydrogens is 459 g/mol. The normalized spacial score (nSPS) is 12.1. The van der Waals surface area contributed by atoms with Crippen LogP contribution >= 0.6 is 22.1 Å². The van der Waals surface area contributed by atoms with Gasteiger partial charge in [0.2, 0.25) is 5.78 Å². The number of aryl methyl sites for hydroxylation is 1. The van der Waals surface area contributed by atoms with Gasteiger partial charge in [0.1, 0.15) is 17.3 Å². The summed E-state index contributed by atoms with van der Waals surface area (Å²) in [5.41, 5.74) is 1.40. The number of methoxy groups -OCH3 is 1. The van der Waals surface area contributed by atoms with E-state index in [9.17, 15) is 9.18 Å². The van der Waals surface area contributed by atoms with Gasteiger partial charge >= 0.3 is 0 Å². The zero-order valence-electron chi connectivity index (χ0n) is 21.5. The average molecular weight is 499 g/mol. The first-order valence-electron chi connectivity index (χ1n) is 11.2. The molecule has 0 spiro atoms. The number of hydrogen-bond donors (Lipinski definition) is 0. The number of hydrogen-bond acceptors (Lipinski definition) is 6. The Bertz CT molecular complexity index is 915. The van der Waals surface area contributed by atoms with E-state index in [1.54, 1.807) is 6.20 Å². The molecule has 0 aliphatic carbocycles. The summed E-state index contributed by atoms with van der Waals surface area (Å²) in [5, 5.41) is 0.520. The number of benzene rings is 1. The first kappa shape index (κ1) is 29.4. The summed E-state index contributed by atoms with van der Waals surface area (Å²) in [6.45, 7) is 11.3. The van der Waals surface area contributed by atoms with Crippen molar-refractivity contribution in [1.29, 1.82) is 0 Å². The summed E-state index contributed by atoms with van der Waals surface area (Å²) in [6, 6.07) is 3.90. The third-order valence-electron chi connectivity index (χ3n) is 5.34. The number of carbonyl (C=O) groups is 1. The van der Waals surface area contributed by atoms with Crippen LogP contribution in [0.15, 0.2) is 29.6 Å². The maximum Gasteiger partial charge on any atom is 0.215 e. The summed E-state index contributed by atoms with van der Waals surface area (Å²) in [5.74, 6) is -0.554. The van der Waals surface area contributed by atoms with Crippen LogP contribution in [0.4, 0.5) is 4.39 Å². The minimum atomic E-state index is -1.15. The van der Waals surface area contributed by atoms with E-state index in [0.717, 1.165) is 18.4 Å². The SMILES string of the molecule is CC.COc1cc(F)ccc1C(=O)c1nc(SC)ncc1CCCCOS(C)(C)C(C)(C)C. The number of halogens is 1. The maximum atomic E-state index is 13.6. The van der Waals surface area contributed by atoms with Crippen molar-refractivity contribution in [1.82, 2.24) is 9.97 Å². The van der Waals surface area contributed by atoms with Gasteiger partial charge in [0.25, 0.3) is 0 Å². The lowest BCUT2D eigenvalue weighted by Crippen LogP contribution is -2.25. The fourth-order valence-corrected chi connectivity index (χ4v) is 3.94. The van der Waals surface area contributed by atoms with Crippen LogP contribution in [0, 0.1) is 5.82 Å². The zero-order valence-corrected chi connectivity index (χ0v) is 23.1. The molecular formula is C25H39FN2O3S2. The Kier molecular flexibility index (Phi) is 11.8. The molecule has 1 aromatic heterocycles. The smallest absolute Gasteiger partial charge is 0.215 e. The van der Waals surface area contributed by atoms with Gasteiger partial charge < -0.3 is 8.92 Å². The number of unbranched alkanes of at least 4 members (excludes halogenated alkanes) is 1. The number of aromatic nitrogens is 2.